The molecular weight excluding hydrogens is 323 g/mol. The molecule has 114 valence electrons. The maximum atomic E-state index is 11.9. The third kappa shape index (κ3) is 4.76. The van der Waals surface area contributed by atoms with Crippen molar-refractivity contribution in [3.05, 3.63) is 64.1 Å². The van der Waals surface area contributed by atoms with Crippen LogP contribution < -0.4 is 10.2 Å². The van der Waals surface area contributed by atoms with Gasteiger partial charge < -0.3 is 4.74 Å². The first kappa shape index (κ1) is 16.3. The van der Waals surface area contributed by atoms with Crippen LogP contribution in [0.3, 0.4) is 0 Å². The predicted octanol–water partition coefficient (Wildman–Crippen LogP) is 3.91. The van der Waals surface area contributed by atoms with E-state index in [1.165, 1.54) is 6.21 Å². The monoisotopic (exact) mass is 336 g/mol. The molecule has 0 saturated heterocycles. The topological polar surface area (TPSA) is 50.7 Å². The first-order valence-corrected chi connectivity index (χ1v) is 7.31. The van der Waals surface area contributed by atoms with Crippen LogP contribution >= 0.6 is 23.2 Å². The summed E-state index contributed by atoms with van der Waals surface area (Å²) in [6.45, 7) is 1.63. The smallest absolute Gasteiger partial charge is 0.280 e. The fourth-order valence-corrected chi connectivity index (χ4v) is 1.92. The third-order valence-corrected chi connectivity index (χ3v) is 3.38. The number of hydrogen-bond acceptors (Lipinski definition) is 3. The largest absolute Gasteiger partial charge is 0.481 e. The SMILES string of the molecule is C[C@@H](Oc1ccc(Cl)cc1)C(=O)NN=Cc1ccccc1Cl. The van der Waals surface area contributed by atoms with Crippen molar-refractivity contribution in [3.8, 4) is 5.75 Å². The van der Waals surface area contributed by atoms with Crippen LogP contribution in [0.15, 0.2) is 53.6 Å². The summed E-state index contributed by atoms with van der Waals surface area (Å²) in [5, 5.41) is 5.04. The Labute approximate surface area is 138 Å². The highest BCUT2D eigenvalue weighted by Gasteiger charge is 2.13. The number of ether oxygens (including phenoxy) is 1. The molecule has 22 heavy (non-hydrogen) atoms. The number of rotatable bonds is 5. The van der Waals surface area contributed by atoms with E-state index in [2.05, 4.69) is 10.5 Å². The minimum absolute atomic E-state index is 0.363. The molecule has 1 N–H and O–H groups in total. The van der Waals surface area contributed by atoms with E-state index in [4.69, 9.17) is 27.9 Å². The number of halogens is 2. The van der Waals surface area contributed by atoms with Gasteiger partial charge in [-0.1, -0.05) is 41.4 Å². The number of nitrogens with zero attached hydrogens (tertiary/aromatic N) is 1. The molecule has 0 aromatic heterocycles. The minimum atomic E-state index is -0.690. The molecule has 0 aliphatic carbocycles. The number of hydrazone groups is 1. The standard InChI is InChI=1S/C16H14Cl2N2O2/c1-11(22-14-8-6-13(17)7-9-14)16(21)20-19-10-12-4-2-3-5-15(12)18/h2-11H,1H3,(H,20,21)/t11-/m1/s1. The number of hydrogen-bond donors (Lipinski definition) is 1. The summed E-state index contributed by atoms with van der Waals surface area (Å²) in [6.07, 6.45) is 0.791. The van der Waals surface area contributed by atoms with Gasteiger partial charge in [0.15, 0.2) is 6.10 Å². The van der Waals surface area contributed by atoms with E-state index in [9.17, 15) is 4.79 Å². The van der Waals surface area contributed by atoms with E-state index >= 15 is 0 Å². The maximum Gasteiger partial charge on any atom is 0.280 e. The Bertz CT molecular complexity index is 672. The second-order valence-electron chi connectivity index (χ2n) is 4.47. The lowest BCUT2D eigenvalue weighted by Crippen LogP contribution is -2.33. The van der Waals surface area contributed by atoms with Gasteiger partial charge in [-0.25, -0.2) is 5.43 Å². The van der Waals surface area contributed by atoms with Gasteiger partial charge in [-0.2, -0.15) is 5.10 Å². The zero-order valence-corrected chi connectivity index (χ0v) is 13.3. The molecule has 1 atom stereocenters. The summed E-state index contributed by atoms with van der Waals surface area (Å²) in [5.41, 5.74) is 3.13. The van der Waals surface area contributed by atoms with Crippen LogP contribution in [0.25, 0.3) is 0 Å². The van der Waals surface area contributed by atoms with E-state index in [-0.39, 0.29) is 5.91 Å². The van der Waals surface area contributed by atoms with E-state index < -0.39 is 6.10 Å². The second-order valence-corrected chi connectivity index (χ2v) is 5.31. The van der Waals surface area contributed by atoms with Gasteiger partial charge in [-0.05, 0) is 37.3 Å². The summed E-state index contributed by atoms with van der Waals surface area (Å²) in [7, 11) is 0. The third-order valence-electron chi connectivity index (χ3n) is 2.78. The molecule has 2 aromatic rings. The fourth-order valence-electron chi connectivity index (χ4n) is 1.61. The van der Waals surface area contributed by atoms with E-state index in [0.717, 1.165) is 5.56 Å². The molecule has 2 aromatic carbocycles. The zero-order chi connectivity index (χ0) is 15.9. The Kier molecular flexibility index (Phi) is 5.81. The van der Waals surface area contributed by atoms with Crippen LogP contribution in [-0.2, 0) is 4.79 Å². The Hall–Kier alpha value is -2.04. The van der Waals surface area contributed by atoms with Crippen molar-refractivity contribution >= 4 is 35.3 Å². The molecule has 6 heteroatoms. The molecule has 0 saturated carbocycles. The lowest BCUT2D eigenvalue weighted by molar-refractivity contribution is -0.127. The molecule has 2 rings (SSSR count). The van der Waals surface area contributed by atoms with Crippen LogP contribution in [0.1, 0.15) is 12.5 Å². The molecule has 0 fully saturated rings. The average Bonchev–Trinajstić information content (AvgIpc) is 2.51. The summed E-state index contributed by atoms with van der Waals surface area (Å²) in [5.74, 6) is 0.195. The van der Waals surface area contributed by atoms with Crippen molar-refractivity contribution in [3.63, 3.8) is 0 Å². The van der Waals surface area contributed by atoms with Gasteiger partial charge in [0.2, 0.25) is 0 Å². The summed E-state index contributed by atoms with van der Waals surface area (Å²) < 4.78 is 5.49. The number of amides is 1. The summed E-state index contributed by atoms with van der Waals surface area (Å²) in [6, 6.07) is 14.0. The van der Waals surface area contributed by atoms with Crippen LogP contribution in [0.2, 0.25) is 10.0 Å². The molecule has 1 amide bonds. The highest BCUT2D eigenvalue weighted by atomic mass is 35.5. The van der Waals surface area contributed by atoms with Crippen molar-refractivity contribution in [2.75, 3.05) is 0 Å². The van der Waals surface area contributed by atoms with Gasteiger partial charge in [0.05, 0.1) is 6.21 Å². The molecule has 0 radical (unpaired) electrons. The van der Waals surface area contributed by atoms with Crippen LogP contribution in [-0.4, -0.2) is 18.2 Å². The lowest BCUT2D eigenvalue weighted by atomic mass is 10.2. The fraction of sp³-hybridized carbons (Fsp3) is 0.125. The van der Waals surface area contributed by atoms with Crippen molar-refractivity contribution < 1.29 is 9.53 Å². The number of carbonyl (C=O) groups is 1. The van der Waals surface area contributed by atoms with Gasteiger partial charge in [0, 0.05) is 15.6 Å². The van der Waals surface area contributed by atoms with Crippen molar-refractivity contribution in [1.82, 2.24) is 5.43 Å². The molecule has 0 bridgehead atoms. The Morgan fingerprint density at radius 1 is 1.18 bits per heavy atom. The predicted molar refractivity (Wildman–Crippen MR) is 88.7 cm³/mol. The first-order chi connectivity index (χ1) is 10.6. The van der Waals surface area contributed by atoms with Gasteiger partial charge in [-0.3, -0.25) is 4.79 Å². The van der Waals surface area contributed by atoms with Crippen molar-refractivity contribution in [2.24, 2.45) is 5.10 Å². The first-order valence-electron chi connectivity index (χ1n) is 6.56. The molecule has 0 aliphatic rings. The van der Waals surface area contributed by atoms with Gasteiger partial charge in [-0.15, -0.1) is 0 Å². The molecule has 0 spiro atoms. The Morgan fingerprint density at radius 3 is 2.55 bits per heavy atom. The minimum Gasteiger partial charge on any atom is -0.481 e. The highest BCUT2D eigenvalue weighted by molar-refractivity contribution is 6.33. The van der Waals surface area contributed by atoms with Crippen LogP contribution in [0.4, 0.5) is 0 Å². The van der Waals surface area contributed by atoms with E-state index in [1.54, 1.807) is 43.3 Å². The number of carbonyl (C=O) groups excluding carboxylic acids is 1. The normalized spacial score (nSPS) is 12.1. The molecular formula is C16H14Cl2N2O2. The summed E-state index contributed by atoms with van der Waals surface area (Å²) in [4.78, 5) is 11.9. The summed E-state index contributed by atoms with van der Waals surface area (Å²) >= 11 is 11.8. The Morgan fingerprint density at radius 2 is 1.86 bits per heavy atom. The Balaban J connectivity index is 1.89. The van der Waals surface area contributed by atoms with Gasteiger partial charge in [0.1, 0.15) is 5.75 Å². The van der Waals surface area contributed by atoms with Crippen molar-refractivity contribution in [1.29, 1.82) is 0 Å². The van der Waals surface area contributed by atoms with Gasteiger partial charge in [0.25, 0.3) is 5.91 Å². The quantitative estimate of drug-likeness (QED) is 0.664. The average molecular weight is 337 g/mol. The zero-order valence-electron chi connectivity index (χ0n) is 11.8. The van der Waals surface area contributed by atoms with Gasteiger partial charge >= 0.3 is 0 Å². The lowest BCUT2D eigenvalue weighted by Gasteiger charge is -2.12. The van der Waals surface area contributed by atoms with Crippen LogP contribution in [0.5, 0.6) is 5.75 Å². The number of benzene rings is 2. The highest BCUT2D eigenvalue weighted by Crippen LogP contribution is 2.16. The second kappa shape index (κ2) is 7.82. The molecule has 0 unspecified atom stereocenters. The maximum absolute atomic E-state index is 11.9. The number of nitrogens with one attached hydrogen (secondary N) is 1. The van der Waals surface area contributed by atoms with E-state index in [0.29, 0.717) is 15.8 Å². The van der Waals surface area contributed by atoms with E-state index in [1.807, 2.05) is 12.1 Å². The van der Waals surface area contributed by atoms with Crippen molar-refractivity contribution in [2.45, 2.75) is 13.0 Å². The molecule has 0 heterocycles. The molecule has 0 aliphatic heterocycles. The van der Waals surface area contributed by atoms with Crippen LogP contribution in [0, 0.1) is 0 Å². The molecule has 4 nitrogen and oxygen atoms in total.